The molecular weight excluding hydrogens is 356 g/mol. The summed E-state index contributed by atoms with van der Waals surface area (Å²) in [5.41, 5.74) is 2.06. The number of non-ortho nitro benzene ring substituents is 1. The Labute approximate surface area is 155 Å². The predicted octanol–water partition coefficient (Wildman–Crippen LogP) is 2.10. The number of dihydropyridines is 1. The Morgan fingerprint density at radius 2 is 2.00 bits per heavy atom. The molecule has 1 aromatic carbocycles. The first-order chi connectivity index (χ1) is 12.8. The molecule has 9 heteroatoms. The molecule has 0 spiro atoms. The Hall–Kier alpha value is -3.20. The van der Waals surface area contributed by atoms with Crippen molar-refractivity contribution in [3.05, 3.63) is 62.5 Å². The number of esters is 1. The second-order valence-corrected chi connectivity index (χ2v) is 5.97. The third kappa shape index (κ3) is 4.50. The fourth-order valence-corrected chi connectivity index (χ4v) is 3.00. The number of carboxylic acids is 1. The van der Waals surface area contributed by atoms with E-state index < -0.39 is 22.8 Å². The highest BCUT2D eigenvalue weighted by Crippen LogP contribution is 2.39. The zero-order chi connectivity index (χ0) is 20.1. The lowest BCUT2D eigenvalue weighted by molar-refractivity contribution is -0.384. The summed E-state index contributed by atoms with van der Waals surface area (Å²) in [6, 6.07) is 5.82. The number of nitrogens with zero attached hydrogens (tertiary/aromatic N) is 1. The maximum atomic E-state index is 11.9. The molecule has 1 heterocycles. The molecule has 0 radical (unpaired) electrons. The molecule has 144 valence electrons. The minimum Gasteiger partial charge on any atom is -0.478 e. The Bertz CT molecular complexity index is 842. The van der Waals surface area contributed by atoms with Crippen molar-refractivity contribution in [2.24, 2.45) is 0 Å². The van der Waals surface area contributed by atoms with Crippen molar-refractivity contribution in [3.8, 4) is 0 Å². The zero-order valence-electron chi connectivity index (χ0n) is 15.1. The normalized spacial score (nSPS) is 16.8. The molecule has 0 saturated heterocycles. The van der Waals surface area contributed by atoms with Gasteiger partial charge in [0.05, 0.1) is 24.2 Å². The average molecular weight is 376 g/mol. The molecule has 2 rings (SSSR count). The van der Waals surface area contributed by atoms with E-state index in [1.807, 2.05) is 0 Å². The van der Waals surface area contributed by atoms with Crippen LogP contribution in [0.25, 0.3) is 0 Å². The molecule has 0 aromatic heterocycles. The van der Waals surface area contributed by atoms with Gasteiger partial charge >= 0.3 is 11.9 Å². The number of aliphatic carboxylic acids is 1. The molecule has 0 fully saturated rings. The van der Waals surface area contributed by atoms with Crippen molar-refractivity contribution >= 4 is 17.6 Å². The number of rotatable bonds is 7. The zero-order valence-corrected chi connectivity index (χ0v) is 15.1. The maximum Gasteiger partial charge on any atom is 0.334 e. The van der Waals surface area contributed by atoms with Crippen molar-refractivity contribution in [2.75, 3.05) is 20.3 Å². The Morgan fingerprint density at radius 3 is 2.59 bits per heavy atom. The van der Waals surface area contributed by atoms with Crippen LogP contribution in [0.2, 0.25) is 0 Å². The molecule has 27 heavy (non-hydrogen) atoms. The molecule has 0 aliphatic carbocycles. The van der Waals surface area contributed by atoms with E-state index in [4.69, 9.17) is 4.74 Å². The van der Waals surface area contributed by atoms with E-state index in [1.165, 1.54) is 25.3 Å². The molecular formula is C18H20N2O7. The van der Waals surface area contributed by atoms with E-state index in [0.717, 1.165) is 0 Å². The molecule has 0 amide bonds. The minimum atomic E-state index is -1.14. The van der Waals surface area contributed by atoms with Gasteiger partial charge in [-0.25, -0.2) is 9.59 Å². The lowest BCUT2D eigenvalue weighted by Crippen LogP contribution is -2.30. The lowest BCUT2D eigenvalue weighted by Gasteiger charge is -2.30. The molecule has 0 saturated carbocycles. The van der Waals surface area contributed by atoms with Gasteiger partial charge < -0.3 is 19.9 Å². The molecule has 1 unspecified atom stereocenters. The fourth-order valence-electron chi connectivity index (χ4n) is 3.00. The number of carbonyl (C=O) groups excluding carboxylic acids is 1. The highest BCUT2D eigenvalue weighted by atomic mass is 16.6. The van der Waals surface area contributed by atoms with Crippen LogP contribution in [0.4, 0.5) is 5.69 Å². The Morgan fingerprint density at radius 1 is 1.30 bits per heavy atom. The highest BCUT2D eigenvalue weighted by molar-refractivity contribution is 5.91. The summed E-state index contributed by atoms with van der Waals surface area (Å²) in [4.78, 5) is 33.7. The van der Waals surface area contributed by atoms with Crippen LogP contribution in [-0.4, -0.2) is 42.3 Å². The van der Waals surface area contributed by atoms with Crippen molar-refractivity contribution in [3.63, 3.8) is 0 Å². The summed E-state index contributed by atoms with van der Waals surface area (Å²) < 4.78 is 9.89. The highest BCUT2D eigenvalue weighted by Gasteiger charge is 2.33. The molecule has 1 aliphatic rings. The number of allylic oxidation sites excluding steroid dienone is 2. The van der Waals surface area contributed by atoms with Crippen LogP contribution >= 0.6 is 0 Å². The molecule has 1 atom stereocenters. The van der Waals surface area contributed by atoms with Crippen LogP contribution < -0.4 is 5.32 Å². The number of hydrogen-bond donors (Lipinski definition) is 2. The van der Waals surface area contributed by atoms with Gasteiger partial charge in [0.25, 0.3) is 5.69 Å². The predicted molar refractivity (Wildman–Crippen MR) is 94.8 cm³/mol. The van der Waals surface area contributed by atoms with Gasteiger partial charge in [-0.05, 0) is 25.0 Å². The smallest absolute Gasteiger partial charge is 0.334 e. The topological polar surface area (TPSA) is 128 Å². The number of carboxylic acid groups (broad SMARTS) is 1. The van der Waals surface area contributed by atoms with E-state index in [2.05, 4.69) is 10.1 Å². The summed E-state index contributed by atoms with van der Waals surface area (Å²) in [6.07, 6.45) is 0. The van der Waals surface area contributed by atoms with Crippen molar-refractivity contribution in [1.29, 1.82) is 0 Å². The average Bonchev–Trinajstić information content (AvgIpc) is 2.62. The van der Waals surface area contributed by atoms with Gasteiger partial charge in [0, 0.05) is 29.4 Å². The van der Waals surface area contributed by atoms with E-state index in [0.29, 0.717) is 22.5 Å². The number of nitro groups is 1. The van der Waals surface area contributed by atoms with Crippen LogP contribution in [0.5, 0.6) is 0 Å². The molecule has 2 N–H and O–H groups in total. The number of methoxy groups -OCH3 is 1. The molecule has 1 aliphatic heterocycles. The van der Waals surface area contributed by atoms with Crippen LogP contribution in [0.1, 0.15) is 25.3 Å². The molecule has 0 bridgehead atoms. The Kier molecular flexibility index (Phi) is 6.30. The van der Waals surface area contributed by atoms with Gasteiger partial charge in [0.15, 0.2) is 0 Å². The maximum absolute atomic E-state index is 11.9. The van der Waals surface area contributed by atoms with Crippen LogP contribution in [0, 0.1) is 10.1 Å². The number of ether oxygens (including phenoxy) is 2. The number of carbonyl (C=O) groups is 2. The summed E-state index contributed by atoms with van der Waals surface area (Å²) in [5, 5.41) is 23.8. The summed E-state index contributed by atoms with van der Waals surface area (Å²) in [6.45, 7) is 3.05. The first kappa shape index (κ1) is 20.1. The number of hydrogen-bond acceptors (Lipinski definition) is 7. The largest absolute Gasteiger partial charge is 0.478 e. The standard InChI is InChI=1S/C18H20N2O7/c1-10-14(8-27-9-15(21)26-3)17(16(18(22)23)11(2)19-10)12-5-4-6-13(7-12)20(24)25/h4-7,17,19H,8-9H2,1-3H3,(H,22,23). The SMILES string of the molecule is COC(=O)COCC1=C(C)NC(C)=C(C(=O)O)C1c1cccc([N+](=O)[O-])c1. The lowest BCUT2D eigenvalue weighted by atomic mass is 9.80. The van der Waals surface area contributed by atoms with Crippen molar-refractivity contribution in [2.45, 2.75) is 19.8 Å². The number of benzene rings is 1. The van der Waals surface area contributed by atoms with Gasteiger partial charge in [-0.3, -0.25) is 10.1 Å². The van der Waals surface area contributed by atoms with Crippen LogP contribution in [-0.2, 0) is 19.1 Å². The number of nitrogens with one attached hydrogen (secondary N) is 1. The minimum absolute atomic E-state index is 0.0364. The van der Waals surface area contributed by atoms with E-state index in [-0.39, 0.29) is 24.5 Å². The van der Waals surface area contributed by atoms with Gasteiger partial charge in [-0.1, -0.05) is 12.1 Å². The van der Waals surface area contributed by atoms with Crippen molar-refractivity contribution in [1.82, 2.24) is 5.32 Å². The fraction of sp³-hybridized carbons (Fsp3) is 0.333. The number of nitro benzene ring substituents is 1. The van der Waals surface area contributed by atoms with E-state index in [1.54, 1.807) is 19.9 Å². The van der Waals surface area contributed by atoms with Gasteiger partial charge in [0.2, 0.25) is 0 Å². The quantitative estimate of drug-likeness (QED) is 0.421. The summed E-state index contributed by atoms with van der Waals surface area (Å²) in [7, 11) is 1.24. The van der Waals surface area contributed by atoms with Gasteiger partial charge in [-0.15, -0.1) is 0 Å². The monoisotopic (exact) mass is 376 g/mol. The van der Waals surface area contributed by atoms with Crippen molar-refractivity contribution < 1.29 is 29.1 Å². The third-order valence-corrected chi connectivity index (χ3v) is 4.25. The van der Waals surface area contributed by atoms with Gasteiger partial charge in [-0.2, -0.15) is 0 Å². The van der Waals surface area contributed by atoms with Crippen LogP contribution in [0.3, 0.4) is 0 Å². The molecule has 1 aromatic rings. The molecule has 9 nitrogen and oxygen atoms in total. The Balaban J connectivity index is 2.47. The summed E-state index contributed by atoms with van der Waals surface area (Å²) in [5.74, 6) is -2.45. The first-order valence-electron chi connectivity index (χ1n) is 8.05. The third-order valence-electron chi connectivity index (χ3n) is 4.25. The van der Waals surface area contributed by atoms with Crippen LogP contribution in [0.15, 0.2) is 46.8 Å². The van der Waals surface area contributed by atoms with Gasteiger partial charge in [0.1, 0.15) is 6.61 Å². The van der Waals surface area contributed by atoms with E-state index >= 15 is 0 Å². The second-order valence-electron chi connectivity index (χ2n) is 5.97. The van der Waals surface area contributed by atoms with E-state index in [9.17, 15) is 24.8 Å². The second kappa shape index (κ2) is 8.45. The first-order valence-corrected chi connectivity index (χ1v) is 8.05. The summed E-state index contributed by atoms with van der Waals surface area (Å²) >= 11 is 0.